The van der Waals surface area contributed by atoms with Gasteiger partial charge in [-0.25, -0.2) is 8.42 Å². The lowest BCUT2D eigenvalue weighted by atomic mass is 10.2. The third kappa shape index (κ3) is 3.02. The van der Waals surface area contributed by atoms with Crippen LogP contribution in [0.4, 0.5) is 0 Å². The summed E-state index contributed by atoms with van der Waals surface area (Å²) >= 11 is 9.26. The van der Waals surface area contributed by atoms with Gasteiger partial charge in [-0.15, -0.1) is 0 Å². The van der Waals surface area contributed by atoms with Crippen LogP contribution in [0.5, 0.6) is 0 Å². The van der Waals surface area contributed by atoms with Gasteiger partial charge in [0.1, 0.15) is 0 Å². The molecule has 0 spiro atoms. The van der Waals surface area contributed by atoms with Crippen molar-refractivity contribution in [2.24, 2.45) is 0 Å². The fourth-order valence-electron chi connectivity index (χ4n) is 1.82. The van der Waals surface area contributed by atoms with Crippen LogP contribution in [0.25, 0.3) is 0 Å². The standard InChI is InChI=1S/C11H13BrClNO2S/c12-9-5-7-14(8-6-9)17(15,16)11-3-1-10(13)2-4-11/h1-4,9H,5-8H2. The van der Waals surface area contributed by atoms with Gasteiger partial charge < -0.3 is 0 Å². The summed E-state index contributed by atoms with van der Waals surface area (Å²) in [4.78, 5) is 0.745. The second-order valence-electron chi connectivity index (χ2n) is 4.03. The van der Waals surface area contributed by atoms with E-state index in [2.05, 4.69) is 15.9 Å². The second-order valence-corrected chi connectivity index (χ2v) is 7.70. The number of alkyl halides is 1. The normalized spacial score (nSPS) is 19.4. The highest BCUT2D eigenvalue weighted by atomic mass is 79.9. The van der Waals surface area contributed by atoms with E-state index in [-0.39, 0.29) is 0 Å². The number of benzene rings is 1. The molecule has 2 rings (SSSR count). The first-order valence-electron chi connectivity index (χ1n) is 5.40. The van der Waals surface area contributed by atoms with E-state index < -0.39 is 10.0 Å². The Hall–Kier alpha value is -0.100. The minimum atomic E-state index is -3.35. The molecule has 0 atom stereocenters. The van der Waals surface area contributed by atoms with Gasteiger partial charge >= 0.3 is 0 Å². The zero-order valence-corrected chi connectivity index (χ0v) is 12.3. The van der Waals surface area contributed by atoms with Gasteiger partial charge in [-0.1, -0.05) is 27.5 Å². The lowest BCUT2D eigenvalue weighted by Crippen LogP contribution is -2.38. The zero-order chi connectivity index (χ0) is 12.5. The molecule has 6 heteroatoms. The van der Waals surface area contributed by atoms with Crippen molar-refractivity contribution in [1.82, 2.24) is 4.31 Å². The number of hydrogen-bond donors (Lipinski definition) is 0. The summed E-state index contributed by atoms with van der Waals surface area (Å²) in [5.41, 5.74) is 0. The van der Waals surface area contributed by atoms with Gasteiger partial charge in [0.05, 0.1) is 4.90 Å². The molecule has 1 saturated heterocycles. The van der Waals surface area contributed by atoms with Crippen LogP contribution in [0, 0.1) is 0 Å². The van der Waals surface area contributed by atoms with Gasteiger partial charge in [-0.2, -0.15) is 4.31 Å². The molecule has 1 aromatic rings. The number of halogens is 2. The number of piperidine rings is 1. The molecule has 0 radical (unpaired) electrons. The van der Waals surface area contributed by atoms with Gasteiger partial charge in [0.2, 0.25) is 10.0 Å². The fourth-order valence-corrected chi connectivity index (χ4v) is 3.83. The van der Waals surface area contributed by atoms with E-state index in [1.807, 2.05) is 0 Å². The maximum Gasteiger partial charge on any atom is 0.243 e. The Morgan fingerprint density at radius 3 is 2.24 bits per heavy atom. The zero-order valence-electron chi connectivity index (χ0n) is 9.14. The third-order valence-electron chi connectivity index (χ3n) is 2.83. The van der Waals surface area contributed by atoms with Gasteiger partial charge in [0.25, 0.3) is 0 Å². The largest absolute Gasteiger partial charge is 0.243 e. The van der Waals surface area contributed by atoms with Crippen LogP contribution in [0.15, 0.2) is 29.2 Å². The average molecular weight is 339 g/mol. The van der Waals surface area contributed by atoms with Crippen molar-refractivity contribution in [2.45, 2.75) is 22.6 Å². The molecule has 1 aromatic carbocycles. The van der Waals surface area contributed by atoms with Crippen LogP contribution in [0.1, 0.15) is 12.8 Å². The highest BCUT2D eigenvalue weighted by molar-refractivity contribution is 9.09. The van der Waals surface area contributed by atoms with E-state index in [4.69, 9.17) is 11.6 Å². The lowest BCUT2D eigenvalue weighted by molar-refractivity contribution is 0.354. The van der Waals surface area contributed by atoms with Gasteiger partial charge in [0.15, 0.2) is 0 Å². The lowest BCUT2D eigenvalue weighted by Gasteiger charge is -2.28. The fraction of sp³-hybridized carbons (Fsp3) is 0.455. The molecule has 0 saturated carbocycles. The summed E-state index contributed by atoms with van der Waals surface area (Å²) in [5.74, 6) is 0. The summed E-state index contributed by atoms with van der Waals surface area (Å²) in [6.45, 7) is 1.14. The van der Waals surface area contributed by atoms with E-state index in [0.717, 1.165) is 12.8 Å². The minimum Gasteiger partial charge on any atom is -0.207 e. The van der Waals surface area contributed by atoms with E-state index >= 15 is 0 Å². The van der Waals surface area contributed by atoms with E-state index in [9.17, 15) is 8.42 Å². The van der Waals surface area contributed by atoms with Crippen molar-refractivity contribution < 1.29 is 8.42 Å². The Morgan fingerprint density at radius 1 is 1.18 bits per heavy atom. The number of rotatable bonds is 2. The first-order chi connectivity index (χ1) is 8.00. The maximum atomic E-state index is 12.3. The quantitative estimate of drug-likeness (QED) is 0.778. The smallest absolute Gasteiger partial charge is 0.207 e. The Morgan fingerprint density at radius 2 is 1.71 bits per heavy atom. The summed E-state index contributed by atoms with van der Waals surface area (Å²) < 4.78 is 26.1. The third-order valence-corrected chi connectivity index (χ3v) is 5.92. The van der Waals surface area contributed by atoms with E-state index in [0.29, 0.717) is 27.8 Å². The SMILES string of the molecule is O=S(=O)(c1ccc(Cl)cc1)N1CCC(Br)CC1. The molecule has 3 nitrogen and oxygen atoms in total. The molecule has 1 fully saturated rings. The Bertz CT molecular complexity index is 481. The average Bonchev–Trinajstić information content (AvgIpc) is 2.30. The molecule has 0 N–H and O–H groups in total. The summed E-state index contributed by atoms with van der Waals surface area (Å²) in [6, 6.07) is 6.31. The molecular weight excluding hydrogens is 326 g/mol. The molecule has 0 aromatic heterocycles. The maximum absolute atomic E-state index is 12.3. The van der Waals surface area contributed by atoms with Crippen molar-refractivity contribution in [3.05, 3.63) is 29.3 Å². The summed E-state index contributed by atoms with van der Waals surface area (Å²) in [6.07, 6.45) is 1.71. The van der Waals surface area contributed by atoms with Crippen molar-refractivity contribution in [3.63, 3.8) is 0 Å². The number of hydrogen-bond acceptors (Lipinski definition) is 2. The molecule has 0 unspecified atom stereocenters. The highest BCUT2D eigenvalue weighted by Crippen LogP contribution is 2.24. The van der Waals surface area contributed by atoms with Crippen LogP contribution < -0.4 is 0 Å². The summed E-state index contributed by atoms with van der Waals surface area (Å²) in [7, 11) is -3.35. The topological polar surface area (TPSA) is 37.4 Å². The van der Waals surface area contributed by atoms with Crippen molar-refractivity contribution in [2.75, 3.05) is 13.1 Å². The van der Waals surface area contributed by atoms with E-state index in [1.54, 1.807) is 24.3 Å². The van der Waals surface area contributed by atoms with Gasteiger partial charge in [0, 0.05) is 22.9 Å². The van der Waals surface area contributed by atoms with Crippen LogP contribution >= 0.6 is 27.5 Å². The molecule has 1 heterocycles. The second kappa shape index (κ2) is 5.26. The minimum absolute atomic E-state index is 0.315. The first kappa shape index (κ1) is 13.3. The molecule has 0 aliphatic carbocycles. The predicted molar refractivity (Wildman–Crippen MR) is 72.2 cm³/mol. The Labute approximate surface area is 115 Å². The molecule has 1 aliphatic rings. The highest BCUT2D eigenvalue weighted by Gasteiger charge is 2.28. The monoisotopic (exact) mass is 337 g/mol. The van der Waals surface area contributed by atoms with Gasteiger partial charge in [-0.05, 0) is 37.1 Å². The Balaban J connectivity index is 2.21. The first-order valence-corrected chi connectivity index (χ1v) is 8.13. The van der Waals surface area contributed by atoms with Crippen LogP contribution in [0.3, 0.4) is 0 Å². The molecule has 1 aliphatic heterocycles. The molecule has 0 amide bonds. The van der Waals surface area contributed by atoms with Crippen LogP contribution in [-0.2, 0) is 10.0 Å². The molecule has 17 heavy (non-hydrogen) atoms. The predicted octanol–water partition coefficient (Wildman–Crippen LogP) is 2.89. The number of sulfonamides is 1. The van der Waals surface area contributed by atoms with Gasteiger partial charge in [-0.3, -0.25) is 0 Å². The van der Waals surface area contributed by atoms with Crippen LogP contribution in [-0.4, -0.2) is 30.6 Å². The Kier molecular flexibility index (Phi) is 4.13. The van der Waals surface area contributed by atoms with Crippen molar-refractivity contribution in [3.8, 4) is 0 Å². The summed E-state index contributed by atoms with van der Waals surface area (Å²) in [5, 5.41) is 0.545. The molecule has 0 bridgehead atoms. The number of nitrogens with zero attached hydrogens (tertiary/aromatic N) is 1. The van der Waals surface area contributed by atoms with Crippen LogP contribution in [0.2, 0.25) is 5.02 Å². The van der Waals surface area contributed by atoms with Crippen molar-refractivity contribution >= 4 is 37.6 Å². The molecule has 94 valence electrons. The van der Waals surface area contributed by atoms with Crippen molar-refractivity contribution in [1.29, 1.82) is 0 Å². The molecular formula is C11H13BrClNO2S. The van der Waals surface area contributed by atoms with E-state index in [1.165, 1.54) is 4.31 Å².